The first-order chi connectivity index (χ1) is 9.83. The number of aromatic nitrogens is 3. The van der Waals surface area contributed by atoms with Crippen LogP contribution in [0.5, 0.6) is 6.01 Å². The molecule has 8 nitrogen and oxygen atoms in total. The second-order valence-electron chi connectivity index (χ2n) is 5.13. The lowest BCUT2D eigenvalue weighted by molar-refractivity contribution is -0.116. The molecule has 0 atom stereocenters. The zero-order valence-corrected chi connectivity index (χ0v) is 13.3. The number of carbonyl (C=O) groups excluding carboxylic acids is 1. The number of hydrogen-bond acceptors (Lipinski definition) is 7. The van der Waals surface area contributed by atoms with Crippen molar-refractivity contribution in [3.05, 3.63) is 0 Å². The predicted molar refractivity (Wildman–Crippen MR) is 81.4 cm³/mol. The van der Waals surface area contributed by atoms with Gasteiger partial charge in [-0.05, 0) is 34.6 Å². The third-order valence-corrected chi connectivity index (χ3v) is 2.49. The maximum atomic E-state index is 11.2. The molecule has 1 rings (SSSR count). The molecule has 0 radical (unpaired) electrons. The summed E-state index contributed by atoms with van der Waals surface area (Å²) >= 11 is 0. The van der Waals surface area contributed by atoms with E-state index in [1.165, 1.54) is 0 Å². The van der Waals surface area contributed by atoms with Crippen LogP contribution in [0.1, 0.15) is 34.6 Å². The van der Waals surface area contributed by atoms with Crippen molar-refractivity contribution < 1.29 is 9.53 Å². The van der Waals surface area contributed by atoms with Crippen LogP contribution in [0.25, 0.3) is 0 Å². The molecule has 1 aromatic heterocycles. The van der Waals surface area contributed by atoms with Gasteiger partial charge in [-0.3, -0.25) is 4.79 Å². The van der Waals surface area contributed by atoms with Crippen molar-refractivity contribution >= 4 is 17.8 Å². The number of rotatable bonds is 8. The number of hydrogen-bond donors (Lipinski definition) is 2. The Morgan fingerprint density at radius 1 is 1.29 bits per heavy atom. The molecule has 0 saturated carbocycles. The molecule has 21 heavy (non-hydrogen) atoms. The number of nitrogens with zero attached hydrogens (tertiary/aromatic N) is 4. The topological polar surface area (TPSA) is 106 Å². The average Bonchev–Trinajstić information content (AvgIpc) is 2.34. The summed E-state index contributed by atoms with van der Waals surface area (Å²) < 4.78 is 5.53. The van der Waals surface area contributed by atoms with Crippen molar-refractivity contribution in [1.29, 1.82) is 0 Å². The van der Waals surface area contributed by atoms with Gasteiger partial charge in [0.15, 0.2) is 0 Å². The van der Waals surface area contributed by atoms with E-state index in [0.717, 1.165) is 0 Å². The van der Waals surface area contributed by atoms with Gasteiger partial charge in [-0.15, -0.1) is 0 Å². The summed E-state index contributed by atoms with van der Waals surface area (Å²) in [6.07, 6.45) is -0.0571. The summed E-state index contributed by atoms with van der Waals surface area (Å²) in [6, 6.07) is 0.238. The Kier molecular flexibility index (Phi) is 6.13. The molecule has 0 spiro atoms. The SMILES string of the molecule is CCNc1nc(OC(C)C)nc(N(CC(N)=O)C(C)C)n1. The van der Waals surface area contributed by atoms with Crippen molar-refractivity contribution in [3.8, 4) is 6.01 Å². The summed E-state index contributed by atoms with van der Waals surface area (Å²) in [5.41, 5.74) is 5.29. The highest BCUT2D eigenvalue weighted by Gasteiger charge is 2.19. The lowest BCUT2D eigenvalue weighted by Crippen LogP contribution is -2.40. The first-order valence-electron chi connectivity index (χ1n) is 7.05. The largest absolute Gasteiger partial charge is 0.461 e. The fraction of sp³-hybridized carbons (Fsp3) is 0.692. The third-order valence-electron chi connectivity index (χ3n) is 2.49. The lowest BCUT2D eigenvalue weighted by Gasteiger charge is -2.25. The van der Waals surface area contributed by atoms with Gasteiger partial charge < -0.3 is 20.7 Å². The molecule has 1 heterocycles. The van der Waals surface area contributed by atoms with Crippen LogP contribution in [-0.4, -0.2) is 46.1 Å². The van der Waals surface area contributed by atoms with Crippen LogP contribution in [0.3, 0.4) is 0 Å². The van der Waals surface area contributed by atoms with Gasteiger partial charge in [-0.1, -0.05) is 0 Å². The molecular weight excluding hydrogens is 272 g/mol. The summed E-state index contributed by atoms with van der Waals surface area (Å²) in [7, 11) is 0. The minimum atomic E-state index is -0.444. The van der Waals surface area contributed by atoms with Crippen LogP contribution >= 0.6 is 0 Å². The van der Waals surface area contributed by atoms with E-state index < -0.39 is 5.91 Å². The van der Waals surface area contributed by atoms with Crippen LogP contribution in [0, 0.1) is 0 Å². The third kappa shape index (κ3) is 5.41. The van der Waals surface area contributed by atoms with E-state index in [-0.39, 0.29) is 24.7 Å². The molecule has 0 aromatic carbocycles. The van der Waals surface area contributed by atoms with Gasteiger partial charge in [0, 0.05) is 12.6 Å². The Morgan fingerprint density at radius 2 is 1.95 bits per heavy atom. The normalized spacial score (nSPS) is 10.8. The fourth-order valence-electron chi connectivity index (χ4n) is 1.63. The summed E-state index contributed by atoms with van der Waals surface area (Å²) in [5, 5.41) is 3.02. The van der Waals surface area contributed by atoms with E-state index in [0.29, 0.717) is 18.4 Å². The smallest absolute Gasteiger partial charge is 0.323 e. The lowest BCUT2D eigenvalue weighted by atomic mass is 10.3. The highest BCUT2D eigenvalue weighted by Crippen LogP contribution is 2.17. The molecule has 0 aliphatic carbocycles. The molecule has 0 aliphatic rings. The maximum absolute atomic E-state index is 11.2. The van der Waals surface area contributed by atoms with E-state index in [1.54, 1.807) is 4.90 Å². The number of primary amides is 1. The molecule has 8 heteroatoms. The molecular formula is C13H24N6O2. The Morgan fingerprint density at radius 3 is 2.43 bits per heavy atom. The Hall–Kier alpha value is -2.12. The van der Waals surface area contributed by atoms with Crippen molar-refractivity contribution in [2.24, 2.45) is 5.73 Å². The van der Waals surface area contributed by atoms with Crippen molar-refractivity contribution in [1.82, 2.24) is 15.0 Å². The van der Waals surface area contributed by atoms with Crippen LogP contribution in [0.15, 0.2) is 0 Å². The van der Waals surface area contributed by atoms with Crippen LogP contribution in [0.2, 0.25) is 0 Å². The van der Waals surface area contributed by atoms with Gasteiger partial charge in [0.2, 0.25) is 17.8 Å². The molecule has 0 unspecified atom stereocenters. The quantitative estimate of drug-likeness (QED) is 0.730. The second kappa shape index (κ2) is 7.61. The molecule has 0 bridgehead atoms. The van der Waals surface area contributed by atoms with Crippen LogP contribution in [0.4, 0.5) is 11.9 Å². The van der Waals surface area contributed by atoms with Gasteiger partial charge >= 0.3 is 6.01 Å². The van der Waals surface area contributed by atoms with E-state index in [2.05, 4.69) is 20.3 Å². The van der Waals surface area contributed by atoms with E-state index in [4.69, 9.17) is 10.5 Å². The molecule has 3 N–H and O–H groups in total. The number of nitrogens with two attached hydrogens (primary N) is 1. The van der Waals surface area contributed by atoms with E-state index in [1.807, 2.05) is 34.6 Å². The number of ether oxygens (including phenoxy) is 1. The number of amides is 1. The Labute approximate surface area is 125 Å². The summed E-state index contributed by atoms with van der Waals surface area (Å²) in [4.78, 5) is 25.7. The molecule has 0 aliphatic heterocycles. The van der Waals surface area contributed by atoms with Gasteiger partial charge in [-0.2, -0.15) is 15.0 Å². The summed E-state index contributed by atoms with van der Waals surface area (Å²) in [5.74, 6) is 0.333. The number of anilines is 2. The molecule has 1 amide bonds. The van der Waals surface area contributed by atoms with Crippen molar-refractivity contribution in [3.63, 3.8) is 0 Å². The van der Waals surface area contributed by atoms with E-state index in [9.17, 15) is 4.79 Å². The van der Waals surface area contributed by atoms with E-state index >= 15 is 0 Å². The number of carbonyl (C=O) groups is 1. The monoisotopic (exact) mass is 296 g/mol. The first-order valence-corrected chi connectivity index (χ1v) is 7.05. The molecule has 0 fully saturated rings. The minimum Gasteiger partial charge on any atom is -0.461 e. The Balaban J connectivity index is 3.17. The zero-order chi connectivity index (χ0) is 16.0. The highest BCUT2D eigenvalue weighted by atomic mass is 16.5. The molecule has 1 aromatic rings. The standard InChI is InChI=1S/C13H24N6O2/c1-6-15-11-16-12(18-13(17-11)21-9(4)5)19(8(2)3)7-10(14)20/h8-9H,6-7H2,1-5H3,(H2,14,20)(H,15,16,17,18). The minimum absolute atomic E-state index is 0.0151. The van der Waals surface area contributed by atoms with Gasteiger partial charge in [0.1, 0.15) is 0 Å². The highest BCUT2D eigenvalue weighted by molar-refractivity contribution is 5.79. The Bertz CT molecular complexity index is 478. The number of nitrogens with one attached hydrogen (secondary N) is 1. The fourth-order valence-corrected chi connectivity index (χ4v) is 1.63. The predicted octanol–water partition coefficient (Wildman–Crippen LogP) is 0.791. The van der Waals surface area contributed by atoms with Crippen molar-refractivity contribution in [2.45, 2.75) is 46.8 Å². The zero-order valence-electron chi connectivity index (χ0n) is 13.3. The van der Waals surface area contributed by atoms with Crippen LogP contribution in [-0.2, 0) is 4.79 Å². The molecule has 118 valence electrons. The first kappa shape index (κ1) is 16.9. The van der Waals surface area contributed by atoms with Crippen molar-refractivity contribution in [2.75, 3.05) is 23.3 Å². The van der Waals surface area contributed by atoms with Gasteiger partial charge in [-0.25, -0.2) is 0 Å². The average molecular weight is 296 g/mol. The molecule has 0 saturated heterocycles. The maximum Gasteiger partial charge on any atom is 0.323 e. The van der Waals surface area contributed by atoms with Gasteiger partial charge in [0.25, 0.3) is 0 Å². The van der Waals surface area contributed by atoms with Gasteiger partial charge in [0.05, 0.1) is 12.6 Å². The summed E-state index contributed by atoms with van der Waals surface area (Å²) in [6.45, 7) is 10.3. The second-order valence-corrected chi connectivity index (χ2v) is 5.13. The van der Waals surface area contributed by atoms with Crippen LogP contribution < -0.4 is 20.7 Å².